The summed E-state index contributed by atoms with van der Waals surface area (Å²) in [7, 11) is 0. The summed E-state index contributed by atoms with van der Waals surface area (Å²) in [5.74, 6) is -0.293. The molecule has 0 saturated heterocycles. The van der Waals surface area contributed by atoms with E-state index in [2.05, 4.69) is 0 Å². The van der Waals surface area contributed by atoms with Crippen LogP contribution in [0, 0.1) is 5.82 Å². The number of hydrogen-bond acceptors (Lipinski definition) is 2. The van der Waals surface area contributed by atoms with Gasteiger partial charge in [-0.15, -0.1) is 11.3 Å². The van der Waals surface area contributed by atoms with E-state index in [0.717, 1.165) is 5.56 Å². The first-order chi connectivity index (χ1) is 7.65. The Labute approximate surface area is 101 Å². The molecule has 0 N–H and O–H groups in total. The average Bonchev–Trinajstić information content (AvgIpc) is 2.68. The molecule has 0 unspecified atom stereocenters. The van der Waals surface area contributed by atoms with Gasteiger partial charge >= 0.3 is 0 Å². The van der Waals surface area contributed by atoms with E-state index in [1.165, 1.54) is 23.5 Å². The fourth-order valence-electron chi connectivity index (χ4n) is 1.34. The molecule has 0 atom stereocenters. The van der Waals surface area contributed by atoms with Gasteiger partial charge in [0.15, 0.2) is 5.78 Å². The number of hydrogen-bond donors (Lipinski definition) is 0. The minimum Gasteiger partial charge on any atom is -0.293 e. The largest absolute Gasteiger partial charge is 0.293 e. The molecule has 0 aliphatic rings. The zero-order chi connectivity index (χ0) is 11.5. The van der Waals surface area contributed by atoms with Crippen LogP contribution >= 0.6 is 22.9 Å². The molecule has 1 nitrogen and oxygen atoms in total. The lowest BCUT2D eigenvalue weighted by atomic mass is 10.1. The maximum atomic E-state index is 12.7. The minimum absolute atomic E-state index is 0.00325. The third-order valence-corrected chi connectivity index (χ3v) is 3.40. The Morgan fingerprint density at radius 1 is 1.19 bits per heavy atom. The van der Waals surface area contributed by atoms with Crippen LogP contribution < -0.4 is 0 Å². The summed E-state index contributed by atoms with van der Waals surface area (Å²) in [5.41, 5.74) is 0.802. The van der Waals surface area contributed by atoms with E-state index in [1.807, 2.05) is 0 Å². The monoisotopic (exact) mass is 254 g/mol. The Morgan fingerprint density at radius 2 is 1.88 bits per heavy atom. The zero-order valence-electron chi connectivity index (χ0n) is 8.24. The Hall–Kier alpha value is -1.19. The first-order valence-corrected chi connectivity index (χ1v) is 5.87. The van der Waals surface area contributed by atoms with Gasteiger partial charge < -0.3 is 0 Å². The molecule has 1 aromatic carbocycles. The van der Waals surface area contributed by atoms with Crippen molar-refractivity contribution in [3.8, 4) is 0 Å². The Kier molecular flexibility index (Phi) is 3.36. The Balaban J connectivity index is 2.10. The molecule has 1 aromatic heterocycles. The van der Waals surface area contributed by atoms with E-state index in [-0.39, 0.29) is 18.0 Å². The van der Waals surface area contributed by atoms with Crippen molar-refractivity contribution in [2.45, 2.75) is 6.42 Å². The van der Waals surface area contributed by atoms with Crippen molar-refractivity contribution in [3.63, 3.8) is 0 Å². The maximum Gasteiger partial charge on any atom is 0.177 e. The number of Topliss-reactive ketones (excluding diaryl/α,β-unsaturated/α-hetero) is 1. The zero-order valence-corrected chi connectivity index (χ0v) is 9.82. The van der Waals surface area contributed by atoms with Crippen LogP contribution in [0.1, 0.15) is 15.2 Å². The predicted molar refractivity (Wildman–Crippen MR) is 63.8 cm³/mol. The molecule has 4 heteroatoms. The topological polar surface area (TPSA) is 17.1 Å². The molecule has 0 saturated carbocycles. The van der Waals surface area contributed by atoms with Crippen LogP contribution in [-0.2, 0) is 6.42 Å². The van der Waals surface area contributed by atoms with Crippen LogP contribution in [0.25, 0.3) is 0 Å². The minimum atomic E-state index is -0.296. The van der Waals surface area contributed by atoms with E-state index in [1.54, 1.807) is 24.3 Å². The van der Waals surface area contributed by atoms with Crippen molar-refractivity contribution in [1.82, 2.24) is 0 Å². The molecule has 1 heterocycles. The SMILES string of the molecule is O=C(Cc1ccc(F)cc1)c1ccc(Cl)s1. The summed E-state index contributed by atoms with van der Waals surface area (Å²) in [5, 5.41) is 0. The van der Waals surface area contributed by atoms with Crippen LogP contribution in [0.5, 0.6) is 0 Å². The van der Waals surface area contributed by atoms with Gasteiger partial charge in [-0.2, -0.15) is 0 Å². The van der Waals surface area contributed by atoms with Gasteiger partial charge in [0.05, 0.1) is 9.21 Å². The highest BCUT2D eigenvalue weighted by molar-refractivity contribution is 7.18. The molecule has 0 aliphatic carbocycles. The van der Waals surface area contributed by atoms with Gasteiger partial charge in [-0.05, 0) is 29.8 Å². The molecule has 0 fully saturated rings. The van der Waals surface area contributed by atoms with Crippen LogP contribution in [-0.4, -0.2) is 5.78 Å². The van der Waals surface area contributed by atoms with E-state index >= 15 is 0 Å². The summed E-state index contributed by atoms with van der Waals surface area (Å²) in [6.45, 7) is 0. The molecular weight excluding hydrogens is 247 g/mol. The van der Waals surface area contributed by atoms with Crippen molar-refractivity contribution in [2.24, 2.45) is 0 Å². The summed E-state index contributed by atoms with van der Waals surface area (Å²) >= 11 is 7.01. The number of thiophene rings is 1. The van der Waals surface area contributed by atoms with Crippen LogP contribution in [0.15, 0.2) is 36.4 Å². The second-order valence-electron chi connectivity index (χ2n) is 3.33. The lowest BCUT2D eigenvalue weighted by molar-refractivity contribution is 0.0997. The average molecular weight is 255 g/mol. The lowest BCUT2D eigenvalue weighted by Crippen LogP contribution is -2.00. The fraction of sp³-hybridized carbons (Fsp3) is 0.0833. The number of rotatable bonds is 3. The third kappa shape index (κ3) is 2.68. The number of carbonyl (C=O) groups is 1. The van der Waals surface area contributed by atoms with Gasteiger partial charge in [-0.25, -0.2) is 4.39 Å². The summed E-state index contributed by atoms with van der Waals surface area (Å²) in [6, 6.07) is 9.34. The predicted octanol–water partition coefficient (Wildman–Crippen LogP) is 3.97. The molecule has 0 aliphatic heterocycles. The summed E-state index contributed by atoms with van der Waals surface area (Å²) < 4.78 is 13.2. The molecule has 0 amide bonds. The van der Waals surface area contributed by atoms with Crippen molar-refractivity contribution < 1.29 is 9.18 Å². The van der Waals surface area contributed by atoms with E-state index in [9.17, 15) is 9.18 Å². The second kappa shape index (κ2) is 4.76. The van der Waals surface area contributed by atoms with Crippen LogP contribution in [0.2, 0.25) is 4.34 Å². The summed E-state index contributed by atoms with van der Waals surface area (Å²) in [4.78, 5) is 12.4. The van der Waals surface area contributed by atoms with Gasteiger partial charge in [0.2, 0.25) is 0 Å². The molecule has 0 spiro atoms. The van der Waals surface area contributed by atoms with Gasteiger partial charge in [-0.1, -0.05) is 23.7 Å². The Morgan fingerprint density at radius 3 is 2.44 bits per heavy atom. The lowest BCUT2D eigenvalue weighted by Gasteiger charge is -1.98. The van der Waals surface area contributed by atoms with E-state index < -0.39 is 0 Å². The molecule has 82 valence electrons. The van der Waals surface area contributed by atoms with Crippen molar-refractivity contribution in [3.05, 3.63) is 57.0 Å². The molecular formula is C12H8ClFOS. The van der Waals surface area contributed by atoms with E-state index in [0.29, 0.717) is 9.21 Å². The van der Waals surface area contributed by atoms with Gasteiger partial charge in [0.1, 0.15) is 5.82 Å². The maximum absolute atomic E-state index is 12.7. The number of carbonyl (C=O) groups excluding carboxylic acids is 1. The second-order valence-corrected chi connectivity index (χ2v) is 5.05. The quantitative estimate of drug-likeness (QED) is 0.758. The number of benzene rings is 1. The van der Waals surface area contributed by atoms with Gasteiger partial charge in [-0.3, -0.25) is 4.79 Å². The van der Waals surface area contributed by atoms with Crippen molar-refractivity contribution >= 4 is 28.7 Å². The van der Waals surface area contributed by atoms with Gasteiger partial charge in [0.25, 0.3) is 0 Å². The first-order valence-electron chi connectivity index (χ1n) is 4.68. The fourth-order valence-corrected chi connectivity index (χ4v) is 2.32. The standard InChI is InChI=1S/C12H8ClFOS/c13-12-6-5-11(16-12)10(15)7-8-1-3-9(14)4-2-8/h1-6H,7H2. The van der Waals surface area contributed by atoms with Crippen LogP contribution in [0.4, 0.5) is 4.39 Å². The van der Waals surface area contributed by atoms with Crippen LogP contribution in [0.3, 0.4) is 0 Å². The smallest absolute Gasteiger partial charge is 0.177 e. The first kappa shape index (κ1) is 11.3. The van der Waals surface area contributed by atoms with Crippen molar-refractivity contribution in [2.75, 3.05) is 0 Å². The Bertz CT molecular complexity index is 504. The molecule has 0 bridgehead atoms. The summed E-state index contributed by atoms with van der Waals surface area (Å²) in [6.07, 6.45) is 0.275. The highest BCUT2D eigenvalue weighted by atomic mass is 35.5. The highest BCUT2D eigenvalue weighted by Gasteiger charge is 2.09. The van der Waals surface area contributed by atoms with Gasteiger partial charge in [0, 0.05) is 6.42 Å². The number of halogens is 2. The van der Waals surface area contributed by atoms with Crippen molar-refractivity contribution in [1.29, 1.82) is 0 Å². The molecule has 0 radical (unpaired) electrons. The molecule has 2 aromatic rings. The third-order valence-electron chi connectivity index (χ3n) is 2.13. The normalized spacial score (nSPS) is 10.4. The molecule has 16 heavy (non-hydrogen) atoms. The van der Waals surface area contributed by atoms with E-state index in [4.69, 9.17) is 11.6 Å². The highest BCUT2D eigenvalue weighted by Crippen LogP contribution is 2.22. The number of ketones is 1. The molecule has 2 rings (SSSR count).